The van der Waals surface area contributed by atoms with E-state index in [2.05, 4.69) is 16.2 Å². The summed E-state index contributed by atoms with van der Waals surface area (Å²) in [6.45, 7) is 0. The Balaban J connectivity index is 1.75. The summed E-state index contributed by atoms with van der Waals surface area (Å²) in [4.78, 5) is 35.4. The highest BCUT2D eigenvalue weighted by molar-refractivity contribution is 6.36. The van der Waals surface area contributed by atoms with Crippen molar-refractivity contribution in [2.75, 3.05) is 5.32 Å². The summed E-state index contributed by atoms with van der Waals surface area (Å²) < 4.78 is 0. The van der Waals surface area contributed by atoms with Crippen molar-refractivity contribution >= 4 is 46.6 Å². The van der Waals surface area contributed by atoms with Crippen LogP contribution in [0.3, 0.4) is 0 Å². The van der Waals surface area contributed by atoms with Crippen LogP contribution in [0.4, 0.5) is 5.69 Å². The lowest BCUT2D eigenvalue weighted by molar-refractivity contribution is -0.124. The fourth-order valence-electron chi connectivity index (χ4n) is 1.90. The van der Waals surface area contributed by atoms with Crippen LogP contribution in [0.1, 0.15) is 23.2 Å². The SMILES string of the molecule is O=C(CCC(=O)Nc1ccccc1)NNC(=O)c1ccc(Cl)cc1Cl. The van der Waals surface area contributed by atoms with Gasteiger partial charge >= 0.3 is 0 Å². The maximum absolute atomic E-state index is 11.9. The molecular formula is C17H15Cl2N3O3. The normalized spacial score (nSPS) is 10.0. The van der Waals surface area contributed by atoms with Gasteiger partial charge in [0.2, 0.25) is 11.8 Å². The molecule has 3 amide bonds. The van der Waals surface area contributed by atoms with Crippen LogP contribution in [0.15, 0.2) is 48.5 Å². The molecule has 0 aliphatic rings. The van der Waals surface area contributed by atoms with Crippen LogP contribution in [-0.2, 0) is 9.59 Å². The molecule has 2 aromatic carbocycles. The first-order chi connectivity index (χ1) is 12.0. The molecule has 0 bridgehead atoms. The molecule has 0 aliphatic carbocycles. The standard InChI is InChI=1S/C17H15Cl2N3O3/c18-11-6-7-13(14(19)10-11)17(25)22-21-16(24)9-8-15(23)20-12-4-2-1-3-5-12/h1-7,10H,8-9H2,(H,20,23)(H,21,24)(H,22,25). The Morgan fingerprint density at radius 2 is 1.52 bits per heavy atom. The van der Waals surface area contributed by atoms with E-state index in [1.165, 1.54) is 18.2 Å². The quantitative estimate of drug-likeness (QED) is 0.697. The van der Waals surface area contributed by atoms with E-state index in [-0.39, 0.29) is 29.3 Å². The molecule has 0 spiro atoms. The Morgan fingerprint density at radius 3 is 2.20 bits per heavy atom. The van der Waals surface area contributed by atoms with Gasteiger partial charge < -0.3 is 5.32 Å². The number of halogens is 2. The van der Waals surface area contributed by atoms with E-state index >= 15 is 0 Å². The Morgan fingerprint density at radius 1 is 0.840 bits per heavy atom. The van der Waals surface area contributed by atoms with Crippen molar-refractivity contribution in [2.45, 2.75) is 12.8 Å². The number of hydrogen-bond donors (Lipinski definition) is 3. The topological polar surface area (TPSA) is 87.3 Å². The number of rotatable bonds is 5. The zero-order valence-electron chi connectivity index (χ0n) is 13.0. The van der Waals surface area contributed by atoms with E-state index in [4.69, 9.17) is 23.2 Å². The highest BCUT2D eigenvalue weighted by atomic mass is 35.5. The first-order valence-electron chi connectivity index (χ1n) is 7.35. The minimum absolute atomic E-state index is 0.0156. The fourth-order valence-corrected chi connectivity index (χ4v) is 2.40. The van der Waals surface area contributed by atoms with E-state index in [1.54, 1.807) is 24.3 Å². The van der Waals surface area contributed by atoms with Crippen LogP contribution >= 0.6 is 23.2 Å². The molecule has 0 aromatic heterocycles. The highest BCUT2D eigenvalue weighted by Crippen LogP contribution is 2.20. The van der Waals surface area contributed by atoms with E-state index in [9.17, 15) is 14.4 Å². The number of carbonyl (C=O) groups is 3. The Hall–Kier alpha value is -2.57. The van der Waals surface area contributed by atoms with Gasteiger partial charge in [0.05, 0.1) is 10.6 Å². The molecule has 0 saturated carbocycles. The van der Waals surface area contributed by atoms with Crippen molar-refractivity contribution < 1.29 is 14.4 Å². The monoisotopic (exact) mass is 379 g/mol. The van der Waals surface area contributed by atoms with Crippen LogP contribution in [0.2, 0.25) is 10.0 Å². The predicted octanol–water partition coefficient (Wildman–Crippen LogP) is 3.17. The van der Waals surface area contributed by atoms with Gasteiger partial charge in [-0.05, 0) is 30.3 Å². The molecule has 6 nitrogen and oxygen atoms in total. The van der Waals surface area contributed by atoms with Crippen molar-refractivity contribution in [1.29, 1.82) is 0 Å². The molecule has 8 heteroatoms. The lowest BCUT2D eigenvalue weighted by Crippen LogP contribution is -2.41. The molecule has 0 aliphatic heterocycles. The summed E-state index contributed by atoms with van der Waals surface area (Å²) in [6, 6.07) is 13.3. The van der Waals surface area contributed by atoms with E-state index in [0.29, 0.717) is 10.7 Å². The van der Waals surface area contributed by atoms with E-state index in [0.717, 1.165) is 0 Å². The molecule has 2 rings (SSSR count). The molecule has 2 aromatic rings. The smallest absolute Gasteiger partial charge is 0.271 e. The summed E-state index contributed by atoms with van der Waals surface area (Å²) in [5, 5.41) is 3.23. The third kappa shape index (κ3) is 6.10. The minimum Gasteiger partial charge on any atom is -0.326 e. The lowest BCUT2D eigenvalue weighted by atomic mass is 10.2. The van der Waals surface area contributed by atoms with Crippen molar-refractivity contribution in [2.24, 2.45) is 0 Å². The fraction of sp³-hybridized carbons (Fsp3) is 0.118. The summed E-state index contributed by atoms with van der Waals surface area (Å²) >= 11 is 11.7. The Kier molecular flexibility index (Phi) is 6.80. The molecule has 0 saturated heterocycles. The third-order valence-corrected chi connectivity index (χ3v) is 3.68. The van der Waals surface area contributed by atoms with Crippen molar-refractivity contribution in [3.8, 4) is 0 Å². The summed E-state index contributed by atoms with van der Waals surface area (Å²) in [5.41, 5.74) is 5.29. The number of hydrazine groups is 1. The zero-order valence-corrected chi connectivity index (χ0v) is 14.5. The molecule has 0 fully saturated rings. The average Bonchev–Trinajstić information content (AvgIpc) is 2.58. The Bertz CT molecular complexity index is 782. The number of anilines is 1. The van der Waals surface area contributed by atoms with Crippen LogP contribution in [0, 0.1) is 0 Å². The second kappa shape index (κ2) is 9.05. The van der Waals surface area contributed by atoms with Gasteiger partial charge in [0.25, 0.3) is 5.91 Å². The van der Waals surface area contributed by atoms with Gasteiger partial charge in [-0.1, -0.05) is 41.4 Å². The summed E-state index contributed by atoms with van der Waals surface area (Å²) in [6.07, 6.45) is -0.0917. The van der Waals surface area contributed by atoms with Crippen molar-refractivity contribution in [1.82, 2.24) is 10.9 Å². The largest absolute Gasteiger partial charge is 0.326 e. The van der Waals surface area contributed by atoms with Crippen LogP contribution in [0.5, 0.6) is 0 Å². The maximum atomic E-state index is 11.9. The maximum Gasteiger partial charge on any atom is 0.271 e. The molecule has 130 valence electrons. The first-order valence-corrected chi connectivity index (χ1v) is 8.10. The number of nitrogens with one attached hydrogen (secondary N) is 3. The second-order valence-corrected chi connectivity index (χ2v) is 5.88. The molecule has 0 unspecified atom stereocenters. The number of amides is 3. The molecule has 25 heavy (non-hydrogen) atoms. The Labute approximate surface area is 154 Å². The van der Waals surface area contributed by atoms with Gasteiger partial charge in [-0.25, -0.2) is 0 Å². The first kappa shape index (κ1) is 18.8. The van der Waals surface area contributed by atoms with Gasteiger partial charge in [-0.3, -0.25) is 25.2 Å². The van der Waals surface area contributed by atoms with Gasteiger partial charge in [0.1, 0.15) is 0 Å². The second-order valence-electron chi connectivity index (χ2n) is 5.04. The van der Waals surface area contributed by atoms with Crippen LogP contribution in [-0.4, -0.2) is 17.7 Å². The van der Waals surface area contributed by atoms with Crippen LogP contribution in [0.25, 0.3) is 0 Å². The predicted molar refractivity (Wildman–Crippen MR) is 96.4 cm³/mol. The highest BCUT2D eigenvalue weighted by Gasteiger charge is 2.12. The molecule has 0 radical (unpaired) electrons. The van der Waals surface area contributed by atoms with Gasteiger partial charge in [-0.15, -0.1) is 0 Å². The van der Waals surface area contributed by atoms with Gasteiger partial charge in [0, 0.05) is 23.6 Å². The van der Waals surface area contributed by atoms with Gasteiger partial charge in [0.15, 0.2) is 0 Å². The van der Waals surface area contributed by atoms with E-state index < -0.39 is 11.8 Å². The van der Waals surface area contributed by atoms with Crippen LogP contribution < -0.4 is 16.2 Å². The minimum atomic E-state index is -0.580. The summed E-state index contributed by atoms with van der Waals surface area (Å²) in [5.74, 6) is -1.38. The number of benzene rings is 2. The number of para-hydroxylation sites is 1. The molecule has 0 heterocycles. The number of carbonyl (C=O) groups excluding carboxylic acids is 3. The molecular weight excluding hydrogens is 365 g/mol. The zero-order chi connectivity index (χ0) is 18.2. The third-order valence-electron chi connectivity index (χ3n) is 3.13. The van der Waals surface area contributed by atoms with E-state index in [1.807, 2.05) is 6.07 Å². The summed E-state index contributed by atoms with van der Waals surface area (Å²) in [7, 11) is 0. The average molecular weight is 380 g/mol. The molecule has 0 atom stereocenters. The number of hydrogen-bond acceptors (Lipinski definition) is 3. The molecule has 3 N–H and O–H groups in total. The van der Waals surface area contributed by atoms with Crippen molar-refractivity contribution in [3.63, 3.8) is 0 Å². The van der Waals surface area contributed by atoms with Gasteiger partial charge in [-0.2, -0.15) is 0 Å². The lowest BCUT2D eigenvalue weighted by Gasteiger charge is -2.09. The van der Waals surface area contributed by atoms with Crippen molar-refractivity contribution in [3.05, 3.63) is 64.1 Å².